The molecule has 9 heteroatoms. The molecule has 0 aliphatic carbocycles. The van der Waals surface area contributed by atoms with Gasteiger partial charge in [-0.1, -0.05) is 0 Å². The normalized spacial score (nSPS) is 10.7. The highest BCUT2D eigenvalue weighted by Gasteiger charge is 2.11. The lowest BCUT2D eigenvalue weighted by molar-refractivity contribution is -0.132. The molecule has 1 aromatic heterocycles. The number of ether oxygens (including phenoxy) is 2. The molecular formula is C20H17FN4O4. The summed E-state index contributed by atoms with van der Waals surface area (Å²) >= 11 is 0. The summed E-state index contributed by atoms with van der Waals surface area (Å²) in [7, 11) is 1.45. The quantitative estimate of drug-likeness (QED) is 0.288. The van der Waals surface area contributed by atoms with Crippen LogP contribution in [0.4, 0.5) is 4.39 Å². The van der Waals surface area contributed by atoms with Crippen molar-refractivity contribution in [2.75, 3.05) is 7.11 Å². The van der Waals surface area contributed by atoms with Crippen molar-refractivity contribution < 1.29 is 23.5 Å². The monoisotopic (exact) mass is 396 g/mol. The first-order valence-electron chi connectivity index (χ1n) is 8.47. The number of hydrogen-bond acceptors (Lipinski definition) is 6. The largest absolute Gasteiger partial charge is 0.493 e. The summed E-state index contributed by atoms with van der Waals surface area (Å²) in [5.74, 6) is -0.670. The van der Waals surface area contributed by atoms with Crippen LogP contribution in [0.15, 0.2) is 53.6 Å². The van der Waals surface area contributed by atoms with Gasteiger partial charge in [-0.25, -0.2) is 9.82 Å². The van der Waals surface area contributed by atoms with Crippen molar-refractivity contribution in [2.45, 2.75) is 6.92 Å². The van der Waals surface area contributed by atoms with E-state index in [1.807, 2.05) is 0 Å². The first-order valence-corrected chi connectivity index (χ1v) is 8.47. The molecule has 1 amide bonds. The van der Waals surface area contributed by atoms with E-state index in [0.29, 0.717) is 22.6 Å². The molecule has 2 aromatic carbocycles. The Morgan fingerprint density at radius 1 is 1.14 bits per heavy atom. The van der Waals surface area contributed by atoms with Crippen molar-refractivity contribution in [1.29, 1.82) is 0 Å². The molecule has 0 saturated heterocycles. The number of carbonyl (C=O) groups is 2. The van der Waals surface area contributed by atoms with Crippen molar-refractivity contribution in [1.82, 2.24) is 15.6 Å². The summed E-state index contributed by atoms with van der Waals surface area (Å²) in [4.78, 5) is 23.3. The van der Waals surface area contributed by atoms with Gasteiger partial charge >= 0.3 is 5.97 Å². The molecule has 0 bridgehead atoms. The maximum atomic E-state index is 13.0. The molecule has 3 rings (SSSR count). The number of methoxy groups -OCH3 is 1. The number of benzene rings is 2. The van der Waals surface area contributed by atoms with Crippen molar-refractivity contribution in [3.63, 3.8) is 0 Å². The van der Waals surface area contributed by atoms with Crippen molar-refractivity contribution in [3.05, 3.63) is 65.6 Å². The molecule has 148 valence electrons. The van der Waals surface area contributed by atoms with Gasteiger partial charge in [0.2, 0.25) is 0 Å². The molecule has 29 heavy (non-hydrogen) atoms. The predicted molar refractivity (Wildman–Crippen MR) is 103 cm³/mol. The third-order valence-corrected chi connectivity index (χ3v) is 3.78. The standard InChI is InChI=1S/C20H17FN4O4/c1-12(26)29-18-8-3-13(9-19(18)28-2)11-22-25-20(27)17-10-16(23-24-17)14-4-6-15(21)7-5-14/h3-11H,1-2H3,(H,23,24)(H,25,27). The zero-order valence-corrected chi connectivity index (χ0v) is 15.6. The Hall–Kier alpha value is -4.01. The number of aromatic nitrogens is 2. The number of rotatable bonds is 6. The van der Waals surface area contributed by atoms with Gasteiger partial charge in [-0.05, 0) is 54.1 Å². The molecule has 0 fully saturated rings. The third kappa shape index (κ3) is 5.04. The average molecular weight is 396 g/mol. The van der Waals surface area contributed by atoms with E-state index in [2.05, 4.69) is 20.7 Å². The van der Waals surface area contributed by atoms with Gasteiger partial charge in [0.25, 0.3) is 5.91 Å². The Labute approximate surface area is 165 Å². The fourth-order valence-electron chi connectivity index (χ4n) is 2.44. The van der Waals surface area contributed by atoms with Crippen LogP contribution in [0.5, 0.6) is 11.5 Å². The van der Waals surface area contributed by atoms with Gasteiger partial charge in [0.1, 0.15) is 11.5 Å². The Kier molecular flexibility index (Phi) is 5.98. The number of H-pyrrole nitrogens is 1. The Morgan fingerprint density at radius 3 is 2.59 bits per heavy atom. The second-order valence-corrected chi connectivity index (χ2v) is 5.88. The number of esters is 1. The summed E-state index contributed by atoms with van der Waals surface area (Å²) in [6.07, 6.45) is 1.41. The van der Waals surface area contributed by atoms with Crippen LogP contribution in [0, 0.1) is 5.82 Å². The first kappa shape index (κ1) is 19.7. The van der Waals surface area contributed by atoms with E-state index < -0.39 is 11.9 Å². The molecule has 0 saturated carbocycles. The summed E-state index contributed by atoms with van der Waals surface area (Å²) < 4.78 is 23.2. The van der Waals surface area contributed by atoms with Gasteiger partial charge in [0.15, 0.2) is 11.5 Å². The zero-order chi connectivity index (χ0) is 20.8. The van der Waals surface area contributed by atoms with Gasteiger partial charge in [-0.3, -0.25) is 14.7 Å². The minimum atomic E-state index is -0.495. The maximum absolute atomic E-state index is 13.0. The fourth-order valence-corrected chi connectivity index (χ4v) is 2.44. The van der Waals surface area contributed by atoms with Gasteiger partial charge in [-0.2, -0.15) is 10.2 Å². The van der Waals surface area contributed by atoms with Crippen molar-refractivity contribution >= 4 is 18.1 Å². The van der Waals surface area contributed by atoms with Gasteiger partial charge in [0, 0.05) is 12.5 Å². The van der Waals surface area contributed by atoms with E-state index in [9.17, 15) is 14.0 Å². The second kappa shape index (κ2) is 8.79. The van der Waals surface area contributed by atoms with Gasteiger partial charge in [-0.15, -0.1) is 0 Å². The second-order valence-electron chi connectivity index (χ2n) is 5.88. The van der Waals surface area contributed by atoms with Crippen LogP contribution in [0.2, 0.25) is 0 Å². The SMILES string of the molecule is COc1cc(C=NNC(=O)c2cc(-c3ccc(F)cc3)n[nH]2)ccc1OC(C)=O. The molecule has 0 atom stereocenters. The highest BCUT2D eigenvalue weighted by atomic mass is 19.1. The molecule has 1 heterocycles. The van der Waals surface area contributed by atoms with Crippen LogP contribution in [0.3, 0.4) is 0 Å². The highest BCUT2D eigenvalue weighted by molar-refractivity contribution is 5.94. The van der Waals surface area contributed by atoms with Crippen LogP contribution in [0.1, 0.15) is 23.0 Å². The van der Waals surface area contributed by atoms with Crippen molar-refractivity contribution in [3.8, 4) is 22.8 Å². The lowest BCUT2D eigenvalue weighted by atomic mass is 10.1. The third-order valence-electron chi connectivity index (χ3n) is 3.78. The lowest BCUT2D eigenvalue weighted by Gasteiger charge is -2.08. The summed E-state index contributed by atoms with van der Waals surface area (Å²) in [6.45, 7) is 1.29. The number of hydrogen-bond donors (Lipinski definition) is 2. The van der Waals surface area contributed by atoms with E-state index >= 15 is 0 Å². The predicted octanol–water partition coefficient (Wildman–Crippen LogP) is 2.91. The van der Waals surface area contributed by atoms with Crippen LogP contribution >= 0.6 is 0 Å². The average Bonchev–Trinajstić information content (AvgIpc) is 3.19. The maximum Gasteiger partial charge on any atom is 0.308 e. The smallest absolute Gasteiger partial charge is 0.308 e. The summed E-state index contributed by atoms with van der Waals surface area (Å²) in [6, 6.07) is 12.1. The fraction of sp³-hybridized carbons (Fsp3) is 0.100. The van der Waals surface area contributed by atoms with Gasteiger partial charge in [0.05, 0.1) is 19.0 Å². The molecule has 0 radical (unpaired) electrons. The van der Waals surface area contributed by atoms with E-state index in [4.69, 9.17) is 9.47 Å². The number of nitrogens with zero attached hydrogens (tertiary/aromatic N) is 2. The molecule has 3 aromatic rings. The van der Waals surface area contributed by atoms with E-state index in [0.717, 1.165) is 0 Å². The summed E-state index contributed by atoms with van der Waals surface area (Å²) in [5, 5.41) is 10.5. The highest BCUT2D eigenvalue weighted by Crippen LogP contribution is 2.27. The lowest BCUT2D eigenvalue weighted by Crippen LogP contribution is -2.18. The number of nitrogens with one attached hydrogen (secondary N) is 2. The molecule has 0 aliphatic rings. The Bertz CT molecular complexity index is 1060. The Balaban J connectivity index is 1.65. The minimum absolute atomic E-state index is 0.198. The summed E-state index contributed by atoms with van der Waals surface area (Å²) in [5.41, 5.74) is 4.37. The molecule has 0 spiro atoms. The molecule has 0 aliphatic heterocycles. The van der Waals surface area contributed by atoms with E-state index in [1.54, 1.807) is 30.3 Å². The Morgan fingerprint density at radius 2 is 1.90 bits per heavy atom. The van der Waals surface area contributed by atoms with Crippen LogP contribution in [-0.2, 0) is 4.79 Å². The van der Waals surface area contributed by atoms with E-state index in [1.165, 1.54) is 38.4 Å². The number of aromatic amines is 1. The first-order chi connectivity index (χ1) is 14.0. The van der Waals surface area contributed by atoms with Crippen molar-refractivity contribution in [2.24, 2.45) is 5.10 Å². The molecule has 8 nitrogen and oxygen atoms in total. The molecule has 0 unspecified atom stereocenters. The molecule has 2 N–H and O–H groups in total. The number of hydrazone groups is 1. The van der Waals surface area contributed by atoms with E-state index in [-0.39, 0.29) is 17.3 Å². The number of halogens is 1. The van der Waals surface area contributed by atoms with Crippen LogP contribution < -0.4 is 14.9 Å². The minimum Gasteiger partial charge on any atom is -0.493 e. The number of amides is 1. The molecular weight excluding hydrogens is 379 g/mol. The van der Waals surface area contributed by atoms with Gasteiger partial charge < -0.3 is 9.47 Å². The number of carbonyl (C=O) groups excluding carboxylic acids is 2. The topological polar surface area (TPSA) is 106 Å². The zero-order valence-electron chi connectivity index (χ0n) is 15.6. The van der Waals surface area contributed by atoms with Crippen LogP contribution in [-0.4, -0.2) is 35.4 Å². The van der Waals surface area contributed by atoms with Crippen LogP contribution in [0.25, 0.3) is 11.3 Å².